The minimum Gasteiger partial charge on any atom is -0.311 e. The van der Waals surface area contributed by atoms with Gasteiger partial charge in [0.05, 0.1) is 10.9 Å². The first-order valence-electron chi connectivity index (χ1n) is 11.2. The van der Waals surface area contributed by atoms with Crippen LogP contribution >= 0.6 is 22.9 Å². The van der Waals surface area contributed by atoms with Crippen molar-refractivity contribution in [1.29, 1.82) is 0 Å². The van der Waals surface area contributed by atoms with Gasteiger partial charge in [0.2, 0.25) is 5.91 Å². The summed E-state index contributed by atoms with van der Waals surface area (Å²) < 4.78 is 27.6. The van der Waals surface area contributed by atoms with Crippen molar-refractivity contribution in [2.45, 2.75) is 36.6 Å². The maximum absolute atomic E-state index is 13.3. The van der Waals surface area contributed by atoms with Crippen molar-refractivity contribution in [3.8, 4) is 0 Å². The molecule has 0 aliphatic carbocycles. The number of hydrogen-bond donors (Lipinski definition) is 1. The molecule has 1 N–H and O–H groups in total. The summed E-state index contributed by atoms with van der Waals surface area (Å²) in [6, 6.07) is 12.5. The van der Waals surface area contributed by atoms with Crippen LogP contribution in [0.5, 0.6) is 0 Å². The number of benzene rings is 2. The van der Waals surface area contributed by atoms with Crippen molar-refractivity contribution in [1.82, 2.24) is 9.88 Å². The van der Waals surface area contributed by atoms with E-state index in [0.29, 0.717) is 23.3 Å². The van der Waals surface area contributed by atoms with Gasteiger partial charge in [0.25, 0.3) is 10.0 Å². The number of anilines is 2. The van der Waals surface area contributed by atoms with Gasteiger partial charge >= 0.3 is 0 Å². The van der Waals surface area contributed by atoms with E-state index in [0.717, 1.165) is 36.5 Å². The molecule has 1 amide bonds. The summed E-state index contributed by atoms with van der Waals surface area (Å²) in [4.78, 5) is 21.4. The Labute approximate surface area is 208 Å². The van der Waals surface area contributed by atoms with Crippen molar-refractivity contribution in [2.24, 2.45) is 0 Å². The number of nitrogens with one attached hydrogen (secondary N) is 1. The molecule has 7 nitrogen and oxygen atoms in total. The molecule has 10 heteroatoms. The number of halogens is 1. The highest BCUT2D eigenvalue weighted by Crippen LogP contribution is 2.34. The van der Waals surface area contributed by atoms with Gasteiger partial charge < -0.3 is 4.90 Å². The Morgan fingerprint density at radius 3 is 2.62 bits per heavy atom. The topological polar surface area (TPSA) is 82.6 Å². The van der Waals surface area contributed by atoms with Gasteiger partial charge in [-0.1, -0.05) is 23.7 Å². The first kappa shape index (κ1) is 23.3. The standard InChI is InChI=1S/C24H25ClN4O3S2/c1-16-14-17(2-7-21(16)25)18-8-11-28(15-18)22-9-12-29(23(22)30)19-3-5-20(6-4-19)34(31,32)27-24-26-10-13-33-24/h2-7,10,13-14,18,22H,8-9,11-12,15H2,1H3,(H,26,27). The zero-order valence-electron chi connectivity index (χ0n) is 18.6. The van der Waals surface area contributed by atoms with Crippen molar-refractivity contribution >= 4 is 49.7 Å². The van der Waals surface area contributed by atoms with Crippen LogP contribution in [0, 0.1) is 6.92 Å². The highest BCUT2D eigenvalue weighted by molar-refractivity contribution is 7.93. The summed E-state index contributed by atoms with van der Waals surface area (Å²) in [5.41, 5.74) is 3.06. The van der Waals surface area contributed by atoms with Gasteiger partial charge in [-0.3, -0.25) is 14.4 Å². The molecule has 34 heavy (non-hydrogen) atoms. The van der Waals surface area contributed by atoms with Crippen LogP contribution in [-0.2, 0) is 14.8 Å². The lowest BCUT2D eigenvalue weighted by molar-refractivity contribution is -0.121. The van der Waals surface area contributed by atoms with Crippen LogP contribution < -0.4 is 9.62 Å². The molecule has 2 atom stereocenters. The van der Waals surface area contributed by atoms with Crippen molar-refractivity contribution < 1.29 is 13.2 Å². The lowest BCUT2D eigenvalue weighted by atomic mass is 9.97. The van der Waals surface area contributed by atoms with Crippen molar-refractivity contribution in [3.63, 3.8) is 0 Å². The van der Waals surface area contributed by atoms with E-state index in [1.807, 2.05) is 13.0 Å². The summed E-state index contributed by atoms with van der Waals surface area (Å²) in [6.07, 6.45) is 3.32. The third kappa shape index (κ3) is 4.57. The average molecular weight is 517 g/mol. The zero-order chi connectivity index (χ0) is 23.9. The zero-order valence-corrected chi connectivity index (χ0v) is 21.0. The smallest absolute Gasteiger partial charge is 0.263 e. The third-order valence-corrected chi connectivity index (χ3v) is 9.20. The number of nitrogens with zero attached hydrogens (tertiary/aromatic N) is 3. The number of carbonyl (C=O) groups is 1. The summed E-state index contributed by atoms with van der Waals surface area (Å²) in [7, 11) is -3.72. The predicted molar refractivity (Wildman–Crippen MR) is 135 cm³/mol. The minimum atomic E-state index is -3.72. The Kier molecular flexibility index (Phi) is 6.37. The highest BCUT2D eigenvalue weighted by atomic mass is 35.5. The molecule has 3 heterocycles. The molecule has 0 saturated carbocycles. The Hall–Kier alpha value is -2.46. The molecule has 2 aliphatic heterocycles. The second kappa shape index (κ2) is 9.30. The van der Waals surface area contributed by atoms with Gasteiger partial charge in [0.1, 0.15) is 0 Å². The number of amides is 1. The third-order valence-electron chi connectivity index (χ3n) is 6.60. The Balaban J connectivity index is 1.25. The van der Waals surface area contributed by atoms with Crippen LogP contribution in [-0.4, -0.2) is 49.9 Å². The molecular weight excluding hydrogens is 492 g/mol. The van der Waals surface area contributed by atoms with E-state index in [-0.39, 0.29) is 16.8 Å². The number of carbonyl (C=O) groups excluding carboxylic acids is 1. The molecule has 2 saturated heterocycles. The van der Waals surface area contributed by atoms with E-state index in [1.54, 1.807) is 28.6 Å². The first-order chi connectivity index (χ1) is 16.3. The van der Waals surface area contributed by atoms with E-state index < -0.39 is 10.0 Å². The van der Waals surface area contributed by atoms with E-state index in [4.69, 9.17) is 11.6 Å². The highest BCUT2D eigenvalue weighted by Gasteiger charge is 2.40. The largest absolute Gasteiger partial charge is 0.311 e. The van der Waals surface area contributed by atoms with Crippen LogP contribution in [0.3, 0.4) is 0 Å². The molecule has 178 valence electrons. The molecule has 0 spiro atoms. The Bertz CT molecular complexity index is 1300. The van der Waals surface area contributed by atoms with Gasteiger partial charge in [-0.2, -0.15) is 0 Å². The van der Waals surface area contributed by atoms with Crippen LogP contribution in [0.4, 0.5) is 10.8 Å². The number of sulfonamides is 1. The normalized spacial score (nSPS) is 21.4. The molecule has 1 aromatic heterocycles. The molecule has 2 fully saturated rings. The van der Waals surface area contributed by atoms with Gasteiger partial charge in [-0.15, -0.1) is 11.3 Å². The fourth-order valence-corrected chi connectivity index (χ4v) is 6.68. The summed E-state index contributed by atoms with van der Waals surface area (Å²) in [5, 5.41) is 2.80. The van der Waals surface area contributed by atoms with E-state index in [2.05, 4.69) is 26.7 Å². The lowest BCUT2D eigenvalue weighted by Crippen LogP contribution is -2.40. The molecule has 0 radical (unpaired) electrons. The number of thiazole rings is 1. The fourth-order valence-electron chi connectivity index (χ4n) is 4.78. The minimum absolute atomic E-state index is 0.0736. The van der Waals surface area contributed by atoms with E-state index in [1.165, 1.54) is 29.0 Å². The Morgan fingerprint density at radius 1 is 1.12 bits per heavy atom. The maximum Gasteiger partial charge on any atom is 0.263 e. The summed E-state index contributed by atoms with van der Waals surface area (Å²) >= 11 is 7.40. The number of aryl methyl sites for hydroxylation is 1. The van der Waals surface area contributed by atoms with Crippen LogP contribution in [0.1, 0.15) is 29.9 Å². The molecule has 3 aromatic rings. The van der Waals surface area contributed by atoms with Gasteiger partial charge in [0, 0.05) is 35.4 Å². The van der Waals surface area contributed by atoms with E-state index >= 15 is 0 Å². The molecule has 2 aromatic carbocycles. The summed E-state index contributed by atoms with van der Waals surface area (Å²) in [5.74, 6) is 0.470. The summed E-state index contributed by atoms with van der Waals surface area (Å²) in [6.45, 7) is 4.37. The molecule has 5 rings (SSSR count). The van der Waals surface area contributed by atoms with Gasteiger partial charge in [-0.25, -0.2) is 13.4 Å². The second-order valence-electron chi connectivity index (χ2n) is 8.72. The number of likely N-dealkylation sites (tertiary alicyclic amines) is 1. The monoisotopic (exact) mass is 516 g/mol. The molecular formula is C24H25ClN4O3S2. The predicted octanol–water partition coefficient (Wildman–Crippen LogP) is 4.50. The SMILES string of the molecule is Cc1cc(C2CCN(C3CCN(c4ccc(S(=O)(=O)Nc5nccs5)cc4)C3=O)C2)ccc1Cl. The maximum atomic E-state index is 13.3. The average Bonchev–Trinajstić information content (AvgIpc) is 3.57. The van der Waals surface area contributed by atoms with E-state index in [9.17, 15) is 13.2 Å². The van der Waals surface area contributed by atoms with Crippen LogP contribution in [0.2, 0.25) is 5.02 Å². The number of rotatable bonds is 6. The van der Waals surface area contributed by atoms with Crippen molar-refractivity contribution in [2.75, 3.05) is 29.3 Å². The van der Waals surface area contributed by atoms with Crippen LogP contribution in [0.15, 0.2) is 58.9 Å². The molecule has 0 bridgehead atoms. The van der Waals surface area contributed by atoms with Gasteiger partial charge in [-0.05, 0) is 73.7 Å². The molecule has 2 unspecified atom stereocenters. The number of hydrogen-bond acceptors (Lipinski definition) is 6. The lowest BCUT2D eigenvalue weighted by Gasteiger charge is -2.23. The number of aromatic nitrogens is 1. The van der Waals surface area contributed by atoms with Crippen molar-refractivity contribution in [3.05, 3.63) is 70.2 Å². The first-order valence-corrected chi connectivity index (χ1v) is 13.9. The molecule has 2 aliphatic rings. The Morgan fingerprint density at radius 2 is 1.91 bits per heavy atom. The quantitative estimate of drug-likeness (QED) is 0.521. The second-order valence-corrected chi connectivity index (χ2v) is 11.7. The fraction of sp³-hybridized carbons (Fsp3) is 0.333. The van der Waals surface area contributed by atoms with Gasteiger partial charge in [0.15, 0.2) is 5.13 Å². The van der Waals surface area contributed by atoms with Crippen LogP contribution in [0.25, 0.3) is 0 Å².